The van der Waals surface area contributed by atoms with Crippen LogP contribution in [-0.4, -0.2) is 145 Å². The van der Waals surface area contributed by atoms with Crippen LogP contribution in [0.15, 0.2) is 24.3 Å². The van der Waals surface area contributed by atoms with E-state index in [1.54, 1.807) is 45.0 Å². The summed E-state index contributed by atoms with van der Waals surface area (Å²) in [6.07, 6.45) is 6.48. The lowest BCUT2D eigenvalue weighted by molar-refractivity contribution is -0.142. The second kappa shape index (κ2) is 61.5. The molecule has 1 rings (SSSR count). The fraction of sp³-hybridized carbons (Fsp3) is 0.688. The van der Waals surface area contributed by atoms with Gasteiger partial charge in [0.15, 0.2) is 0 Å². The maximum absolute atomic E-state index is 11.8. The molecule has 0 fully saturated rings. The number of primary amides is 2. The molecule has 1 aromatic rings. The van der Waals surface area contributed by atoms with E-state index in [1.165, 1.54) is 6.92 Å². The minimum atomic E-state index is -0.840. The molecule has 0 spiro atoms. The van der Waals surface area contributed by atoms with Gasteiger partial charge in [-0.05, 0) is 62.6 Å². The quantitative estimate of drug-likeness (QED) is 0.0278. The van der Waals surface area contributed by atoms with Crippen LogP contribution >= 0.6 is 0 Å². The zero-order chi connectivity index (χ0) is 54.8. The zero-order valence-corrected chi connectivity index (χ0v) is 44.0. The van der Waals surface area contributed by atoms with Gasteiger partial charge in [0.25, 0.3) is 0 Å². The Labute approximate surface area is 417 Å². The normalized spacial score (nSPS) is 10.2. The van der Waals surface area contributed by atoms with E-state index in [9.17, 15) is 43.2 Å². The minimum Gasteiger partial charge on any atom is -0.461 e. The number of carbonyl (C=O) groups is 9. The number of esters is 1. The first-order valence-corrected chi connectivity index (χ1v) is 23.8. The van der Waals surface area contributed by atoms with Crippen LogP contribution in [-0.2, 0) is 68.6 Å². The highest BCUT2D eigenvalue weighted by Gasteiger charge is 2.25. The fourth-order valence-corrected chi connectivity index (χ4v) is 4.59. The first-order valence-electron chi connectivity index (χ1n) is 23.8. The smallest absolute Gasteiger partial charge is 0.312 e. The molecular formula is C48H91N7O15. The van der Waals surface area contributed by atoms with Gasteiger partial charge in [-0.1, -0.05) is 67.5 Å². The molecule has 70 heavy (non-hydrogen) atoms. The van der Waals surface area contributed by atoms with Crippen LogP contribution in [0.4, 0.5) is 10.5 Å². The Hall–Kier alpha value is -5.55. The van der Waals surface area contributed by atoms with Crippen molar-refractivity contribution in [3.63, 3.8) is 0 Å². The predicted molar refractivity (Wildman–Crippen MR) is 270 cm³/mol. The van der Waals surface area contributed by atoms with Crippen LogP contribution in [0.3, 0.4) is 0 Å². The SMILES string of the molecule is CC.CC.CC(=O)OCc1ccc(NC(=O)CCCCNC(N)=O)cc1.CC(C)C(NC(=O)C(CCC=O)NC=O)C(N)=O.CCCC(C)=O.CCCOCCOCCOCCOCCNC=O.CO. The average Bonchev–Trinajstić information content (AvgIpc) is 3.34. The lowest BCUT2D eigenvalue weighted by Gasteiger charge is -2.22. The van der Waals surface area contributed by atoms with Gasteiger partial charge in [0.1, 0.15) is 30.8 Å². The third-order valence-electron chi connectivity index (χ3n) is 7.78. The van der Waals surface area contributed by atoms with Crippen molar-refractivity contribution in [2.24, 2.45) is 17.4 Å². The number of Topliss-reactive ketones (excluding diaryl/α,β-unsaturated/α-hetero) is 1. The van der Waals surface area contributed by atoms with Crippen LogP contribution in [0.25, 0.3) is 0 Å². The summed E-state index contributed by atoms with van der Waals surface area (Å²) in [5.74, 6) is -1.46. The molecule has 408 valence electrons. The van der Waals surface area contributed by atoms with Crippen LogP contribution in [0, 0.1) is 5.92 Å². The first kappa shape index (κ1) is 75.9. The number of amides is 7. The lowest BCUT2D eigenvalue weighted by atomic mass is 10.0. The summed E-state index contributed by atoms with van der Waals surface area (Å²) < 4.78 is 25.9. The molecule has 22 heteroatoms. The van der Waals surface area contributed by atoms with E-state index in [4.69, 9.17) is 40.3 Å². The highest BCUT2D eigenvalue weighted by atomic mass is 16.6. The fourth-order valence-electron chi connectivity index (χ4n) is 4.59. The van der Waals surface area contributed by atoms with Gasteiger partial charge in [-0.2, -0.15) is 0 Å². The topological polar surface area (TPSA) is 332 Å². The first-order chi connectivity index (χ1) is 33.6. The van der Waals surface area contributed by atoms with Gasteiger partial charge in [0, 0.05) is 58.7 Å². The van der Waals surface area contributed by atoms with Gasteiger partial charge in [0.05, 0.1) is 46.2 Å². The molecule has 2 atom stereocenters. The van der Waals surface area contributed by atoms with Crippen molar-refractivity contribution >= 4 is 60.3 Å². The summed E-state index contributed by atoms with van der Waals surface area (Å²) in [6, 6.07) is 4.89. The molecule has 0 saturated heterocycles. The highest BCUT2D eigenvalue weighted by Crippen LogP contribution is 2.11. The predicted octanol–water partition coefficient (Wildman–Crippen LogP) is 3.48. The molecule has 0 aliphatic carbocycles. The van der Waals surface area contributed by atoms with Gasteiger partial charge in [-0.15, -0.1) is 0 Å². The third-order valence-corrected chi connectivity index (χ3v) is 7.78. The largest absolute Gasteiger partial charge is 0.461 e. The van der Waals surface area contributed by atoms with Crippen molar-refractivity contribution in [3.05, 3.63) is 29.8 Å². The number of nitrogens with one attached hydrogen (secondary N) is 5. The number of benzene rings is 1. The Morgan fingerprint density at radius 2 is 1.23 bits per heavy atom. The lowest BCUT2D eigenvalue weighted by Crippen LogP contribution is -2.53. The number of anilines is 1. The molecule has 0 aliphatic heterocycles. The maximum atomic E-state index is 11.8. The van der Waals surface area contributed by atoms with Crippen LogP contribution in [0.2, 0.25) is 0 Å². The number of unbranched alkanes of at least 4 members (excludes halogenated alkanes) is 1. The number of ketones is 1. The molecule has 7 amide bonds. The number of carbonyl (C=O) groups excluding carboxylic acids is 9. The standard InChI is InChI=1S/C15H21N3O4.C12H25NO5.C11H19N3O4.C5H10O.2C2H6.CH4O/c1-11(19)22-10-12-5-7-13(8-6-12)18-14(20)4-2-3-9-17-15(16)21;1-2-4-15-6-8-17-10-11-18-9-7-16-5-3-13-12-14;1-7(2)9(10(12)17)14-11(18)8(13-6-16)4-3-5-15;1-3-4-5(2)6;3*1-2/h5-8H,2-4,9-10H2,1H3,(H,18,20)(H3,16,17,21);12H,2-11H2,1H3,(H,13,14);5-9H,3-4H2,1-2H3,(H2,12,17)(H,13,16)(H,14,18);3-4H2,1-2H3;2*1-2H3;2H,1H3. The highest BCUT2D eigenvalue weighted by molar-refractivity contribution is 5.91. The number of rotatable bonds is 34. The molecule has 0 bridgehead atoms. The Morgan fingerprint density at radius 3 is 1.63 bits per heavy atom. The molecule has 0 aromatic heterocycles. The molecular weight excluding hydrogens is 915 g/mol. The van der Waals surface area contributed by atoms with E-state index in [1.807, 2.05) is 34.6 Å². The molecule has 2 unspecified atom stereocenters. The van der Waals surface area contributed by atoms with E-state index in [0.29, 0.717) is 103 Å². The number of urea groups is 1. The van der Waals surface area contributed by atoms with Crippen molar-refractivity contribution in [2.75, 3.05) is 78.4 Å². The van der Waals surface area contributed by atoms with Crippen LogP contribution in [0.1, 0.15) is 126 Å². The van der Waals surface area contributed by atoms with Crippen LogP contribution < -0.4 is 38.1 Å². The second-order valence-electron chi connectivity index (χ2n) is 14.0. The molecule has 22 nitrogen and oxygen atoms in total. The van der Waals surface area contributed by atoms with E-state index in [2.05, 4.69) is 33.5 Å². The van der Waals surface area contributed by atoms with Crippen molar-refractivity contribution in [1.29, 1.82) is 0 Å². The molecule has 0 aliphatic rings. The number of aldehydes is 1. The summed E-state index contributed by atoms with van der Waals surface area (Å²) in [4.78, 5) is 96.4. The number of nitrogens with two attached hydrogens (primary N) is 2. The van der Waals surface area contributed by atoms with E-state index >= 15 is 0 Å². The van der Waals surface area contributed by atoms with Crippen molar-refractivity contribution in [1.82, 2.24) is 21.3 Å². The molecule has 10 N–H and O–H groups in total. The van der Waals surface area contributed by atoms with E-state index in [-0.39, 0.29) is 43.0 Å². The van der Waals surface area contributed by atoms with Gasteiger partial charge < -0.3 is 76.4 Å². The Kier molecular flexibility index (Phi) is 66.7. The minimum absolute atomic E-state index is 0.0909. The number of hydrogen-bond acceptors (Lipinski definition) is 15. The van der Waals surface area contributed by atoms with Crippen molar-refractivity contribution in [3.8, 4) is 0 Å². The molecule has 0 radical (unpaired) electrons. The molecule has 0 saturated carbocycles. The Balaban J connectivity index is -0.000000198. The van der Waals surface area contributed by atoms with Gasteiger partial charge in [0.2, 0.25) is 30.5 Å². The molecule has 1 aromatic carbocycles. The summed E-state index contributed by atoms with van der Waals surface area (Å²) in [5.41, 5.74) is 11.6. The van der Waals surface area contributed by atoms with Crippen molar-refractivity contribution in [2.45, 2.75) is 139 Å². The zero-order valence-electron chi connectivity index (χ0n) is 44.0. The maximum Gasteiger partial charge on any atom is 0.312 e. The monoisotopic (exact) mass is 1010 g/mol. The van der Waals surface area contributed by atoms with Crippen LogP contribution in [0.5, 0.6) is 0 Å². The van der Waals surface area contributed by atoms with Gasteiger partial charge in [-0.3, -0.25) is 28.8 Å². The number of aliphatic hydroxyl groups excluding tert-OH is 1. The number of hydrogen-bond donors (Lipinski definition) is 8. The van der Waals surface area contributed by atoms with E-state index in [0.717, 1.165) is 38.5 Å². The summed E-state index contributed by atoms with van der Waals surface area (Å²) in [5, 5.41) is 19.5. The number of aliphatic hydroxyl groups is 1. The van der Waals surface area contributed by atoms with Gasteiger partial charge in [-0.25, -0.2) is 4.79 Å². The van der Waals surface area contributed by atoms with E-state index < -0.39 is 29.9 Å². The summed E-state index contributed by atoms with van der Waals surface area (Å²) in [7, 11) is 1.00. The Bertz CT molecular complexity index is 1420. The summed E-state index contributed by atoms with van der Waals surface area (Å²) >= 11 is 0. The number of ether oxygens (including phenoxy) is 5. The average molecular weight is 1010 g/mol. The third kappa shape index (κ3) is 60.5. The summed E-state index contributed by atoms with van der Waals surface area (Å²) in [6.45, 7) is 24.5. The van der Waals surface area contributed by atoms with Crippen molar-refractivity contribution < 1.29 is 71.9 Å². The second-order valence-corrected chi connectivity index (χ2v) is 14.0. The molecule has 0 heterocycles. The van der Waals surface area contributed by atoms with Gasteiger partial charge >= 0.3 is 12.0 Å². The Morgan fingerprint density at radius 1 is 0.700 bits per heavy atom.